The molecule has 1 atom stereocenters. The van der Waals surface area contributed by atoms with Gasteiger partial charge in [-0.15, -0.1) is 0 Å². The average Bonchev–Trinajstić information content (AvgIpc) is 3.28. The van der Waals surface area contributed by atoms with Crippen LogP contribution >= 0.6 is 0 Å². The molecule has 0 spiro atoms. The van der Waals surface area contributed by atoms with E-state index in [0.29, 0.717) is 11.9 Å². The Balaban J connectivity index is 1.33. The molecule has 7 heteroatoms. The highest BCUT2D eigenvalue weighted by molar-refractivity contribution is 5.79. The predicted octanol–water partition coefficient (Wildman–Crippen LogP) is 2.13. The number of carbonyl (C=O) groups is 1. The van der Waals surface area contributed by atoms with E-state index in [0.717, 1.165) is 82.4 Å². The molecule has 1 aromatic rings. The van der Waals surface area contributed by atoms with E-state index in [1.807, 2.05) is 20.0 Å². The number of aryl methyl sites for hydroxylation is 1. The van der Waals surface area contributed by atoms with Crippen LogP contribution < -0.4 is 10.2 Å². The second-order valence-corrected chi connectivity index (χ2v) is 8.53. The summed E-state index contributed by atoms with van der Waals surface area (Å²) >= 11 is 0. The van der Waals surface area contributed by atoms with Crippen LogP contribution in [0.2, 0.25) is 0 Å². The number of nitrogens with zero attached hydrogens (tertiary/aromatic N) is 5. The van der Waals surface area contributed by atoms with Gasteiger partial charge in [0.15, 0.2) is 0 Å². The largest absolute Gasteiger partial charge is 0.373 e. The van der Waals surface area contributed by atoms with Gasteiger partial charge in [-0.05, 0) is 52.0 Å². The van der Waals surface area contributed by atoms with E-state index in [4.69, 9.17) is 0 Å². The zero-order valence-electron chi connectivity index (χ0n) is 17.4. The molecule has 3 aliphatic heterocycles. The molecule has 0 aromatic carbocycles. The number of likely N-dealkylation sites (tertiary alicyclic amines) is 2. The molecule has 4 heterocycles. The van der Waals surface area contributed by atoms with Gasteiger partial charge in [0.2, 0.25) is 11.9 Å². The van der Waals surface area contributed by atoms with E-state index in [1.165, 1.54) is 12.8 Å². The van der Waals surface area contributed by atoms with Gasteiger partial charge in [0, 0.05) is 57.6 Å². The summed E-state index contributed by atoms with van der Waals surface area (Å²) in [5.41, 5.74) is 0.996. The zero-order chi connectivity index (χ0) is 19.5. The first-order valence-electron chi connectivity index (χ1n) is 11.0. The van der Waals surface area contributed by atoms with Crippen LogP contribution in [0.3, 0.4) is 0 Å². The van der Waals surface area contributed by atoms with E-state index >= 15 is 0 Å². The summed E-state index contributed by atoms with van der Waals surface area (Å²) in [6.45, 7) is 8.02. The number of piperidine rings is 2. The summed E-state index contributed by atoms with van der Waals surface area (Å²) in [4.78, 5) is 29.1. The van der Waals surface area contributed by atoms with Crippen molar-refractivity contribution in [3.63, 3.8) is 0 Å². The molecule has 28 heavy (non-hydrogen) atoms. The third kappa shape index (κ3) is 4.24. The normalized spacial score (nSPS) is 24.6. The SMILES string of the molecule is CNc1cc(C)nc(N2CCC(N3CCC[C@H](C(=O)N4CCCC4)C3)CC2)n1. The summed E-state index contributed by atoms with van der Waals surface area (Å²) in [7, 11) is 1.90. The second kappa shape index (κ2) is 8.64. The molecular weight excluding hydrogens is 352 g/mol. The number of amides is 1. The fourth-order valence-corrected chi connectivity index (χ4v) is 4.99. The fraction of sp³-hybridized carbons (Fsp3) is 0.762. The maximum atomic E-state index is 12.8. The Hall–Kier alpha value is -1.89. The van der Waals surface area contributed by atoms with Gasteiger partial charge in [0.05, 0.1) is 5.92 Å². The molecule has 1 amide bonds. The van der Waals surface area contributed by atoms with Crippen LogP contribution in [0.1, 0.15) is 44.2 Å². The summed E-state index contributed by atoms with van der Waals surface area (Å²) in [6.07, 6.45) is 6.81. The molecule has 154 valence electrons. The predicted molar refractivity (Wildman–Crippen MR) is 112 cm³/mol. The molecule has 3 aliphatic rings. The monoisotopic (exact) mass is 386 g/mol. The number of carbonyl (C=O) groups excluding carboxylic acids is 1. The minimum absolute atomic E-state index is 0.211. The van der Waals surface area contributed by atoms with Crippen molar-refractivity contribution in [3.05, 3.63) is 11.8 Å². The molecule has 0 bridgehead atoms. The van der Waals surface area contributed by atoms with Crippen molar-refractivity contribution < 1.29 is 4.79 Å². The Morgan fingerprint density at radius 1 is 1.04 bits per heavy atom. The van der Waals surface area contributed by atoms with Crippen LogP contribution in [0.15, 0.2) is 6.07 Å². The number of anilines is 2. The highest BCUT2D eigenvalue weighted by Crippen LogP contribution is 2.27. The minimum atomic E-state index is 0.211. The highest BCUT2D eigenvalue weighted by Gasteiger charge is 2.34. The zero-order valence-corrected chi connectivity index (χ0v) is 17.4. The minimum Gasteiger partial charge on any atom is -0.373 e. The van der Waals surface area contributed by atoms with Crippen LogP contribution in [0, 0.1) is 12.8 Å². The molecular formula is C21H34N6O. The molecule has 0 saturated carbocycles. The standard InChI is InChI=1S/C21H34N6O/c1-16-14-19(22-2)24-21(23-16)26-12-7-18(8-13-26)27-11-5-6-17(15-27)20(28)25-9-3-4-10-25/h14,17-18H,3-13,15H2,1-2H3,(H,22,23,24)/t17-/m0/s1. The van der Waals surface area contributed by atoms with Gasteiger partial charge in [0.25, 0.3) is 0 Å². The molecule has 0 unspecified atom stereocenters. The van der Waals surface area contributed by atoms with E-state index in [-0.39, 0.29) is 5.92 Å². The average molecular weight is 387 g/mol. The van der Waals surface area contributed by atoms with E-state index < -0.39 is 0 Å². The molecule has 1 aromatic heterocycles. The molecule has 7 nitrogen and oxygen atoms in total. The lowest BCUT2D eigenvalue weighted by Crippen LogP contribution is -2.51. The highest BCUT2D eigenvalue weighted by atomic mass is 16.2. The quantitative estimate of drug-likeness (QED) is 0.855. The number of aromatic nitrogens is 2. The van der Waals surface area contributed by atoms with Gasteiger partial charge in [-0.1, -0.05) is 0 Å². The van der Waals surface area contributed by atoms with Crippen molar-refractivity contribution in [2.24, 2.45) is 5.92 Å². The van der Waals surface area contributed by atoms with Crippen LogP contribution in [-0.4, -0.2) is 78.0 Å². The summed E-state index contributed by atoms with van der Waals surface area (Å²) in [5.74, 6) is 2.34. The van der Waals surface area contributed by atoms with Crippen LogP contribution in [0.5, 0.6) is 0 Å². The summed E-state index contributed by atoms with van der Waals surface area (Å²) < 4.78 is 0. The summed E-state index contributed by atoms with van der Waals surface area (Å²) in [5, 5.41) is 3.12. The van der Waals surface area contributed by atoms with Gasteiger partial charge in [-0.25, -0.2) is 4.98 Å². The van der Waals surface area contributed by atoms with Gasteiger partial charge in [-0.3, -0.25) is 9.69 Å². The number of rotatable bonds is 4. The third-order valence-electron chi connectivity index (χ3n) is 6.58. The Labute approximate surface area is 168 Å². The van der Waals surface area contributed by atoms with Gasteiger partial charge in [0.1, 0.15) is 5.82 Å². The van der Waals surface area contributed by atoms with E-state index in [9.17, 15) is 4.79 Å². The van der Waals surface area contributed by atoms with Crippen molar-refractivity contribution in [2.45, 2.75) is 51.5 Å². The first-order chi connectivity index (χ1) is 13.6. The van der Waals surface area contributed by atoms with Crippen LogP contribution in [-0.2, 0) is 4.79 Å². The van der Waals surface area contributed by atoms with Crippen LogP contribution in [0.4, 0.5) is 11.8 Å². The Kier molecular flexibility index (Phi) is 5.99. The Morgan fingerprint density at radius 3 is 2.50 bits per heavy atom. The first kappa shape index (κ1) is 19.4. The Morgan fingerprint density at radius 2 is 1.79 bits per heavy atom. The number of hydrogen-bond donors (Lipinski definition) is 1. The molecule has 1 N–H and O–H groups in total. The molecule has 4 rings (SSSR count). The van der Waals surface area contributed by atoms with Crippen LogP contribution in [0.25, 0.3) is 0 Å². The summed E-state index contributed by atoms with van der Waals surface area (Å²) in [6, 6.07) is 2.56. The van der Waals surface area contributed by atoms with E-state index in [1.54, 1.807) is 0 Å². The smallest absolute Gasteiger partial charge is 0.227 e. The maximum absolute atomic E-state index is 12.8. The molecule has 3 fully saturated rings. The lowest BCUT2D eigenvalue weighted by Gasteiger charge is -2.42. The van der Waals surface area contributed by atoms with Crippen molar-refractivity contribution in [1.82, 2.24) is 19.8 Å². The topological polar surface area (TPSA) is 64.6 Å². The second-order valence-electron chi connectivity index (χ2n) is 8.53. The van der Waals surface area contributed by atoms with Gasteiger partial charge >= 0.3 is 0 Å². The molecule has 0 radical (unpaired) electrons. The van der Waals surface area contributed by atoms with Crippen molar-refractivity contribution in [3.8, 4) is 0 Å². The van der Waals surface area contributed by atoms with Crippen molar-refractivity contribution in [1.29, 1.82) is 0 Å². The van der Waals surface area contributed by atoms with E-state index in [2.05, 4.69) is 30.0 Å². The fourth-order valence-electron chi connectivity index (χ4n) is 4.99. The molecule has 0 aliphatic carbocycles. The maximum Gasteiger partial charge on any atom is 0.227 e. The van der Waals surface area contributed by atoms with Crippen molar-refractivity contribution in [2.75, 3.05) is 56.5 Å². The number of nitrogens with one attached hydrogen (secondary N) is 1. The number of hydrogen-bond acceptors (Lipinski definition) is 6. The first-order valence-corrected chi connectivity index (χ1v) is 11.0. The molecule has 3 saturated heterocycles. The van der Waals surface area contributed by atoms with Crippen molar-refractivity contribution >= 4 is 17.7 Å². The lowest BCUT2D eigenvalue weighted by atomic mass is 9.93. The Bertz CT molecular complexity index is 681. The third-order valence-corrected chi connectivity index (χ3v) is 6.58. The van der Waals surface area contributed by atoms with Gasteiger partial charge < -0.3 is 15.1 Å². The lowest BCUT2D eigenvalue weighted by molar-refractivity contribution is -0.136. The van der Waals surface area contributed by atoms with Gasteiger partial charge in [-0.2, -0.15) is 4.98 Å².